The predicted octanol–water partition coefficient (Wildman–Crippen LogP) is 3.53. The zero-order valence-electron chi connectivity index (χ0n) is 11.6. The number of halogens is 1. The van der Waals surface area contributed by atoms with Gasteiger partial charge in [-0.15, -0.1) is 0 Å². The van der Waals surface area contributed by atoms with Crippen molar-refractivity contribution in [1.82, 2.24) is 14.8 Å². The summed E-state index contributed by atoms with van der Waals surface area (Å²) in [6.45, 7) is 0.665. The summed E-state index contributed by atoms with van der Waals surface area (Å²) in [6, 6.07) is 15.7. The summed E-state index contributed by atoms with van der Waals surface area (Å²) in [7, 11) is 0. The molecule has 108 valence electrons. The SMILES string of the molecule is O=c1[nH]nc2c3ccccc3n(Cc3ccc(Cl)cc3)cc1-2. The molecule has 0 saturated heterocycles. The Morgan fingerprint density at radius 2 is 1.86 bits per heavy atom. The van der Waals surface area contributed by atoms with E-state index in [0.29, 0.717) is 22.8 Å². The number of nitrogens with zero attached hydrogens (tertiary/aromatic N) is 2. The van der Waals surface area contributed by atoms with Gasteiger partial charge in [0.2, 0.25) is 0 Å². The van der Waals surface area contributed by atoms with Crippen molar-refractivity contribution in [2.45, 2.75) is 6.54 Å². The number of hydrogen-bond donors (Lipinski definition) is 1. The number of fused-ring (bicyclic) bond motifs is 3. The quantitative estimate of drug-likeness (QED) is 0.616. The van der Waals surface area contributed by atoms with Crippen molar-refractivity contribution in [2.24, 2.45) is 0 Å². The summed E-state index contributed by atoms with van der Waals surface area (Å²) in [5, 5.41) is 8.35. The molecule has 2 aliphatic rings. The molecule has 0 radical (unpaired) electrons. The number of hydrogen-bond acceptors (Lipinski definition) is 2. The topological polar surface area (TPSA) is 50.7 Å². The standard InChI is InChI=1S/C17H12ClN3O/c18-12-7-5-11(6-8-12)9-21-10-14-16(19-20-17(14)22)13-3-1-2-4-15(13)21/h1-8,10H,9H2,(H,20,22). The second-order valence-corrected chi connectivity index (χ2v) is 5.65. The highest BCUT2D eigenvalue weighted by Crippen LogP contribution is 2.27. The fourth-order valence-corrected chi connectivity index (χ4v) is 2.85. The summed E-state index contributed by atoms with van der Waals surface area (Å²) >= 11 is 5.93. The van der Waals surface area contributed by atoms with Gasteiger partial charge in [0, 0.05) is 23.2 Å². The number of aromatic nitrogens is 3. The molecule has 2 aromatic rings. The minimum Gasteiger partial charge on any atom is -0.342 e. The molecule has 0 saturated carbocycles. The highest BCUT2D eigenvalue weighted by Gasteiger charge is 2.16. The second kappa shape index (κ2) is 5.00. The lowest BCUT2D eigenvalue weighted by atomic mass is 10.1. The first-order valence-corrected chi connectivity index (χ1v) is 7.31. The lowest BCUT2D eigenvalue weighted by Crippen LogP contribution is -2.07. The van der Waals surface area contributed by atoms with Crippen LogP contribution in [0.1, 0.15) is 5.56 Å². The molecule has 0 bridgehead atoms. The van der Waals surface area contributed by atoms with Crippen molar-refractivity contribution >= 4 is 22.5 Å². The summed E-state index contributed by atoms with van der Waals surface area (Å²) in [5.41, 5.74) is 3.32. The molecular weight excluding hydrogens is 298 g/mol. The average molecular weight is 310 g/mol. The van der Waals surface area contributed by atoms with E-state index in [-0.39, 0.29) is 5.56 Å². The Morgan fingerprint density at radius 3 is 2.68 bits per heavy atom. The number of nitrogens with one attached hydrogen (secondary N) is 1. The molecule has 1 N–H and O–H groups in total. The zero-order chi connectivity index (χ0) is 15.1. The fraction of sp³-hybridized carbons (Fsp3) is 0.0588. The molecule has 0 unspecified atom stereocenters. The van der Waals surface area contributed by atoms with Crippen molar-refractivity contribution in [1.29, 1.82) is 0 Å². The number of aromatic amines is 1. The third-order valence-electron chi connectivity index (χ3n) is 3.79. The van der Waals surface area contributed by atoms with Gasteiger partial charge in [0.25, 0.3) is 5.56 Å². The van der Waals surface area contributed by atoms with Crippen LogP contribution in [0.15, 0.2) is 59.5 Å². The van der Waals surface area contributed by atoms with Crippen LogP contribution in [0.4, 0.5) is 0 Å². The minimum absolute atomic E-state index is 0.161. The molecule has 0 aromatic heterocycles. The van der Waals surface area contributed by atoms with E-state index in [0.717, 1.165) is 16.5 Å². The molecule has 0 atom stereocenters. The summed E-state index contributed by atoms with van der Waals surface area (Å²) in [6.07, 6.45) is 1.86. The Bertz CT molecular complexity index is 985. The lowest BCUT2D eigenvalue weighted by Gasteiger charge is -2.14. The van der Waals surface area contributed by atoms with E-state index in [1.807, 2.05) is 54.7 Å². The van der Waals surface area contributed by atoms with Crippen molar-refractivity contribution in [2.75, 3.05) is 0 Å². The van der Waals surface area contributed by atoms with Crippen molar-refractivity contribution in [3.05, 3.63) is 75.7 Å². The number of pyridine rings is 1. The summed E-state index contributed by atoms with van der Waals surface area (Å²) < 4.78 is 2.07. The second-order valence-electron chi connectivity index (χ2n) is 5.22. The van der Waals surface area contributed by atoms with Gasteiger partial charge in [0.1, 0.15) is 5.69 Å². The molecule has 4 nitrogen and oxygen atoms in total. The molecule has 22 heavy (non-hydrogen) atoms. The monoisotopic (exact) mass is 309 g/mol. The fourth-order valence-electron chi connectivity index (χ4n) is 2.73. The average Bonchev–Trinajstić information content (AvgIpc) is 2.91. The van der Waals surface area contributed by atoms with E-state index in [4.69, 9.17) is 11.6 Å². The number of H-pyrrole nitrogens is 1. The van der Waals surface area contributed by atoms with Gasteiger partial charge in [0.05, 0.1) is 11.1 Å². The van der Waals surface area contributed by atoms with Gasteiger partial charge < -0.3 is 4.57 Å². The van der Waals surface area contributed by atoms with E-state index in [2.05, 4.69) is 14.8 Å². The molecular formula is C17H12ClN3O. The Kier molecular flexibility index (Phi) is 2.98. The van der Waals surface area contributed by atoms with Crippen LogP contribution in [0, 0.1) is 0 Å². The third kappa shape index (κ3) is 2.09. The van der Waals surface area contributed by atoms with Crippen LogP contribution < -0.4 is 5.56 Å². The first kappa shape index (κ1) is 13.1. The molecule has 0 fully saturated rings. The Morgan fingerprint density at radius 1 is 1.09 bits per heavy atom. The van der Waals surface area contributed by atoms with Crippen LogP contribution in [0.5, 0.6) is 0 Å². The lowest BCUT2D eigenvalue weighted by molar-refractivity contribution is 0.827. The molecule has 5 heteroatoms. The molecule has 0 spiro atoms. The van der Waals surface area contributed by atoms with Gasteiger partial charge in [0.15, 0.2) is 0 Å². The van der Waals surface area contributed by atoms with Gasteiger partial charge in [-0.3, -0.25) is 4.79 Å². The molecule has 2 aromatic carbocycles. The van der Waals surface area contributed by atoms with E-state index < -0.39 is 0 Å². The smallest absolute Gasteiger partial charge is 0.275 e. The molecule has 2 heterocycles. The van der Waals surface area contributed by atoms with Crippen LogP contribution in [-0.2, 0) is 6.54 Å². The molecule has 0 aliphatic carbocycles. The van der Waals surface area contributed by atoms with E-state index >= 15 is 0 Å². The maximum atomic E-state index is 11.9. The Balaban J connectivity index is 1.94. The van der Waals surface area contributed by atoms with Gasteiger partial charge >= 0.3 is 0 Å². The summed E-state index contributed by atoms with van der Waals surface area (Å²) in [4.78, 5) is 11.9. The van der Waals surface area contributed by atoms with Gasteiger partial charge in [-0.1, -0.05) is 41.9 Å². The number of rotatable bonds is 2. The summed E-state index contributed by atoms with van der Waals surface area (Å²) in [5.74, 6) is 0. The highest BCUT2D eigenvalue weighted by atomic mass is 35.5. The molecule has 2 aliphatic heterocycles. The van der Waals surface area contributed by atoms with Gasteiger partial charge in [-0.25, -0.2) is 5.10 Å². The van der Waals surface area contributed by atoms with Crippen LogP contribution >= 0.6 is 11.6 Å². The maximum Gasteiger partial charge on any atom is 0.275 e. The van der Waals surface area contributed by atoms with E-state index in [1.165, 1.54) is 0 Å². The van der Waals surface area contributed by atoms with Crippen molar-refractivity contribution in [3.63, 3.8) is 0 Å². The predicted molar refractivity (Wildman–Crippen MR) is 87.5 cm³/mol. The minimum atomic E-state index is -0.161. The third-order valence-corrected chi connectivity index (χ3v) is 4.04. The zero-order valence-corrected chi connectivity index (χ0v) is 12.3. The maximum absolute atomic E-state index is 11.9. The first-order valence-electron chi connectivity index (χ1n) is 6.93. The van der Waals surface area contributed by atoms with Crippen molar-refractivity contribution in [3.8, 4) is 11.3 Å². The van der Waals surface area contributed by atoms with Crippen molar-refractivity contribution < 1.29 is 0 Å². The molecule has 4 rings (SSSR count). The van der Waals surface area contributed by atoms with Crippen LogP contribution in [0.25, 0.3) is 22.2 Å². The number of benzene rings is 2. The van der Waals surface area contributed by atoms with Gasteiger partial charge in [-0.05, 0) is 23.8 Å². The molecule has 0 amide bonds. The largest absolute Gasteiger partial charge is 0.342 e. The van der Waals surface area contributed by atoms with Crippen LogP contribution in [-0.4, -0.2) is 14.8 Å². The van der Waals surface area contributed by atoms with E-state index in [9.17, 15) is 4.79 Å². The Hall–Kier alpha value is -2.59. The normalized spacial score (nSPS) is 11.3. The highest BCUT2D eigenvalue weighted by molar-refractivity contribution is 6.30. The van der Waals surface area contributed by atoms with Gasteiger partial charge in [-0.2, -0.15) is 5.10 Å². The van der Waals surface area contributed by atoms with Crippen LogP contribution in [0.2, 0.25) is 5.02 Å². The Labute approximate surface area is 131 Å². The first-order chi connectivity index (χ1) is 10.7. The van der Waals surface area contributed by atoms with Crippen LogP contribution in [0.3, 0.4) is 0 Å². The van der Waals surface area contributed by atoms with E-state index in [1.54, 1.807) is 0 Å². The number of para-hydroxylation sites is 1.